The molecule has 0 aliphatic heterocycles. The lowest BCUT2D eigenvalue weighted by Crippen LogP contribution is -2.33. The largest absolute Gasteiger partial charge is 0.387 e. The van der Waals surface area contributed by atoms with Crippen molar-refractivity contribution in [2.45, 2.75) is 51.9 Å². The molecule has 0 saturated carbocycles. The van der Waals surface area contributed by atoms with Crippen molar-refractivity contribution in [3.05, 3.63) is 18.2 Å². The van der Waals surface area contributed by atoms with Crippen molar-refractivity contribution in [3.8, 4) is 0 Å². The Morgan fingerprint density at radius 3 is 2.73 bits per heavy atom. The zero-order chi connectivity index (χ0) is 11.5. The van der Waals surface area contributed by atoms with E-state index in [1.807, 2.05) is 17.7 Å². The maximum Gasteiger partial charge on any atom is 0.140 e. The number of imidazole rings is 1. The normalized spacial score (nSPS) is 17.4. The first-order chi connectivity index (χ1) is 7.03. The van der Waals surface area contributed by atoms with Crippen LogP contribution in [0.2, 0.25) is 0 Å². The number of aliphatic hydroxyl groups is 2. The molecule has 2 N–H and O–H groups in total. The average molecular weight is 212 g/mol. The second-order valence-corrected chi connectivity index (χ2v) is 4.09. The number of aryl methyl sites for hydroxylation is 1. The Hall–Kier alpha value is -0.870. The minimum Gasteiger partial charge on any atom is -0.387 e. The molecule has 0 fully saturated rings. The summed E-state index contributed by atoms with van der Waals surface area (Å²) in [7, 11) is 0. The number of nitrogens with zero attached hydrogens (tertiary/aromatic N) is 2. The SMILES string of the molecule is CCCn1ccnc1C(O)C(C)(O)CC. The fraction of sp³-hybridized carbons (Fsp3) is 0.727. The Morgan fingerprint density at radius 2 is 2.20 bits per heavy atom. The van der Waals surface area contributed by atoms with Crippen molar-refractivity contribution in [2.24, 2.45) is 0 Å². The van der Waals surface area contributed by atoms with E-state index in [-0.39, 0.29) is 0 Å². The predicted octanol–water partition coefficient (Wildman–Crippen LogP) is 1.49. The van der Waals surface area contributed by atoms with Crippen LogP contribution in [0.3, 0.4) is 0 Å². The van der Waals surface area contributed by atoms with Gasteiger partial charge in [0.25, 0.3) is 0 Å². The topological polar surface area (TPSA) is 58.3 Å². The molecule has 0 aliphatic rings. The summed E-state index contributed by atoms with van der Waals surface area (Å²) in [5.41, 5.74) is -1.11. The Morgan fingerprint density at radius 1 is 1.53 bits per heavy atom. The van der Waals surface area contributed by atoms with E-state index in [0.717, 1.165) is 13.0 Å². The van der Waals surface area contributed by atoms with Gasteiger partial charge >= 0.3 is 0 Å². The number of aliphatic hydroxyl groups excluding tert-OH is 1. The van der Waals surface area contributed by atoms with Gasteiger partial charge in [-0.3, -0.25) is 0 Å². The zero-order valence-corrected chi connectivity index (χ0v) is 9.64. The number of rotatable bonds is 5. The van der Waals surface area contributed by atoms with Gasteiger partial charge in [-0.05, 0) is 19.8 Å². The molecular formula is C11H20N2O2. The van der Waals surface area contributed by atoms with E-state index in [1.165, 1.54) is 0 Å². The summed E-state index contributed by atoms with van der Waals surface area (Å²) in [6.45, 7) is 6.35. The van der Waals surface area contributed by atoms with Gasteiger partial charge in [0.15, 0.2) is 0 Å². The van der Waals surface area contributed by atoms with Crippen LogP contribution in [0.5, 0.6) is 0 Å². The van der Waals surface area contributed by atoms with E-state index in [2.05, 4.69) is 11.9 Å². The summed E-state index contributed by atoms with van der Waals surface area (Å²) in [6.07, 6.45) is 4.02. The van der Waals surface area contributed by atoms with Gasteiger partial charge < -0.3 is 14.8 Å². The molecule has 0 aromatic carbocycles. The van der Waals surface area contributed by atoms with Gasteiger partial charge in [0.05, 0.1) is 5.60 Å². The predicted molar refractivity (Wildman–Crippen MR) is 58.4 cm³/mol. The molecule has 0 bridgehead atoms. The molecule has 1 aromatic rings. The number of aromatic nitrogens is 2. The quantitative estimate of drug-likeness (QED) is 0.777. The average Bonchev–Trinajstić information content (AvgIpc) is 2.65. The van der Waals surface area contributed by atoms with Gasteiger partial charge in [-0.15, -0.1) is 0 Å². The molecule has 0 aliphatic carbocycles. The monoisotopic (exact) mass is 212 g/mol. The number of hydrogen-bond acceptors (Lipinski definition) is 3. The lowest BCUT2D eigenvalue weighted by Gasteiger charge is -2.27. The maximum atomic E-state index is 10.0. The standard InChI is InChI=1S/C11H20N2O2/c1-4-7-13-8-6-12-10(13)9(14)11(3,15)5-2/h6,8-9,14-15H,4-5,7H2,1-3H3. The molecule has 0 saturated heterocycles. The molecule has 0 amide bonds. The summed E-state index contributed by atoms with van der Waals surface area (Å²) in [4.78, 5) is 4.10. The van der Waals surface area contributed by atoms with Crippen LogP contribution in [0.4, 0.5) is 0 Å². The van der Waals surface area contributed by atoms with E-state index in [1.54, 1.807) is 13.1 Å². The Balaban J connectivity index is 2.90. The molecule has 0 spiro atoms. The lowest BCUT2D eigenvalue weighted by atomic mass is 9.95. The van der Waals surface area contributed by atoms with Crippen LogP contribution < -0.4 is 0 Å². The van der Waals surface area contributed by atoms with Crippen LogP contribution in [-0.4, -0.2) is 25.4 Å². The first-order valence-corrected chi connectivity index (χ1v) is 5.44. The molecule has 15 heavy (non-hydrogen) atoms. The summed E-state index contributed by atoms with van der Waals surface area (Å²) in [5.74, 6) is 0.545. The third-order valence-corrected chi connectivity index (χ3v) is 2.76. The smallest absolute Gasteiger partial charge is 0.140 e. The molecule has 1 aromatic heterocycles. The van der Waals surface area contributed by atoms with Gasteiger partial charge in [-0.25, -0.2) is 4.98 Å². The van der Waals surface area contributed by atoms with Crippen molar-refractivity contribution in [1.82, 2.24) is 9.55 Å². The highest BCUT2D eigenvalue weighted by Crippen LogP contribution is 2.27. The Kier molecular flexibility index (Phi) is 3.88. The van der Waals surface area contributed by atoms with Crippen LogP contribution in [0.25, 0.3) is 0 Å². The maximum absolute atomic E-state index is 10.0. The highest BCUT2D eigenvalue weighted by atomic mass is 16.3. The van der Waals surface area contributed by atoms with Crippen LogP contribution in [0, 0.1) is 0 Å². The van der Waals surface area contributed by atoms with Gasteiger partial charge in [0.2, 0.25) is 0 Å². The molecule has 0 radical (unpaired) electrons. The van der Waals surface area contributed by atoms with Crippen molar-refractivity contribution in [2.75, 3.05) is 0 Å². The molecular weight excluding hydrogens is 192 g/mol. The van der Waals surface area contributed by atoms with Crippen LogP contribution in [0.15, 0.2) is 12.4 Å². The Labute approximate surface area is 90.6 Å². The van der Waals surface area contributed by atoms with E-state index in [0.29, 0.717) is 12.2 Å². The third kappa shape index (κ3) is 2.58. The number of hydrogen-bond donors (Lipinski definition) is 2. The van der Waals surface area contributed by atoms with Gasteiger partial charge in [-0.1, -0.05) is 13.8 Å². The van der Waals surface area contributed by atoms with Crippen molar-refractivity contribution >= 4 is 0 Å². The minimum atomic E-state index is -1.11. The van der Waals surface area contributed by atoms with Crippen LogP contribution >= 0.6 is 0 Å². The van der Waals surface area contributed by atoms with E-state index < -0.39 is 11.7 Å². The summed E-state index contributed by atoms with van der Waals surface area (Å²) in [5, 5.41) is 20.0. The van der Waals surface area contributed by atoms with Gasteiger partial charge in [0.1, 0.15) is 11.9 Å². The van der Waals surface area contributed by atoms with Crippen molar-refractivity contribution < 1.29 is 10.2 Å². The third-order valence-electron chi connectivity index (χ3n) is 2.76. The molecule has 2 atom stereocenters. The molecule has 4 nitrogen and oxygen atoms in total. The molecule has 1 rings (SSSR count). The highest BCUT2D eigenvalue weighted by molar-refractivity contribution is 5.02. The molecule has 1 heterocycles. The molecule has 4 heteroatoms. The second kappa shape index (κ2) is 4.77. The second-order valence-electron chi connectivity index (χ2n) is 4.09. The fourth-order valence-corrected chi connectivity index (χ4v) is 1.47. The van der Waals surface area contributed by atoms with E-state index in [9.17, 15) is 10.2 Å². The highest BCUT2D eigenvalue weighted by Gasteiger charge is 2.32. The summed E-state index contributed by atoms with van der Waals surface area (Å²) >= 11 is 0. The van der Waals surface area contributed by atoms with E-state index in [4.69, 9.17) is 0 Å². The molecule has 2 unspecified atom stereocenters. The fourth-order valence-electron chi connectivity index (χ4n) is 1.47. The first-order valence-electron chi connectivity index (χ1n) is 5.44. The Bertz CT molecular complexity index is 307. The van der Waals surface area contributed by atoms with Crippen LogP contribution in [-0.2, 0) is 6.54 Å². The zero-order valence-electron chi connectivity index (χ0n) is 9.64. The minimum absolute atomic E-state index is 0.493. The lowest BCUT2D eigenvalue weighted by molar-refractivity contribution is -0.0713. The van der Waals surface area contributed by atoms with Crippen molar-refractivity contribution in [1.29, 1.82) is 0 Å². The summed E-state index contributed by atoms with van der Waals surface area (Å²) < 4.78 is 1.88. The first kappa shape index (κ1) is 12.2. The van der Waals surface area contributed by atoms with Crippen LogP contribution in [0.1, 0.15) is 45.5 Å². The van der Waals surface area contributed by atoms with Gasteiger partial charge in [-0.2, -0.15) is 0 Å². The summed E-state index contributed by atoms with van der Waals surface area (Å²) in [6, 6.07) is 0. The van der Waals surface area contributed by atoms with E-state index >= 15 is 0 Å². The molecule has 86 valence electrons. The van der Waals surface area contributed by atoms with Gasteiger partial charge in [0, 0.05) is 18.9 Å². The van der Waals surface area contributed by atoms with Crippen molar-refractivity contribution in [3.63, 3.8) is 0 Å².